The van der Waals surface area contributed by atoms with Crippen LogP contribution in [0.4, 0.5) is 24.9 Å². The molecule has 1 unspecified atom stereocenters. The number of hydrogen-bond acceptors (Lipinski definition) is 7. The highest BCUT2D eigenvalue weighted by atomic mass is 35.5. The summed E-state index contributed by atoms with van der Waals surface area (Å²) in [5, 5.41) is 13.1. The van der Waals surface area contributed by atoms with Gasteiger partial charge in [-0.15, -0.1) is 0 Å². The van der Waals surface area contributed by atoms with E-state index in [9.17, 15) is 23.1 Å². The van der Waals surface area contributed by atoms with Gasteiger partial charge in [-0.25, -0.2) is 0 Å². The highest BCUT2D eigenvalue weighted by Crippen LogP contribution is 2.44. The molecule has 8 nitrogen and oxygen atoms in total. The lowest BCUT2D eigenvalue weighted by molar-refractivity contribution is -0.198. The van der Waals surface area contributed by atoms with Gasteiger partial charge in [0.15, 0.2) is 0 Å². The van der Waals surface area contributed by atoms with Crippen LogP contribution in [-0.2, 0) is 4.79 Å². The third-order valence-electron chi connectivity index (χ3n) is 7.52. The molecular weight excluding hydrogens is 606 g/mol. The number of aromatic nitrogens is 2. The van der Waals surface area contributed by atoms with Gasteiger partial charge in [0.2, 0.25) is 17.9 Å². The van der Waals surface area contributed by atoms with E-state index in [1.54, 1.807) is 0 Å². The van der Waals surface area contributed by atoms with Crippen LogP contribution in [0, 0.1) is 5.41 Å². The van der Waals surface area contributed by atoms with Crippen molar-refractivity contribution < 1.29 is 27.8 Å². The molecule has 0 bridgehead atoms. The molecule has 2 saturated heterocycles. The largest absolute Gasteiger partial charge is 0.480 e. The van der Waals surface area contributed by atoms with E-state index < -0.39 is 24.3 Å². The molecule has 3 heterocycles. The number of carboxylic acids is 1. The first-order valence-corrected chi connectivity index (χ1v) is 13.8. The third kappa shape index (κ3) is 6.58. The number of carboxylic acid groups (broad SMARTS) is 1. The fraction of sp³-hybridized carbons (Fsp3) is 0.370. The zero-order valence-electron chi connectivity index (χ0n) is 21.4. The molecule has 14 heteroatoms. The number of ether oxygens (including phenoxy) is 1. The molecule has 41 heavy (non-hydrogen) atoms. The number of piperidine rings is 1. The molecule has 1 aromatic heterocycles. The maximum atomic E-state index is 14.5. The van der Waals surface area contributed by atoms with Gasteiger partial charge in [-0.1, -0.05) is 40.9 Å². The SMILES string of the molecule is Nc1nc(OC(c2ccc(Cl)cc2-c2cc(Cl)cc(Cl)c2)C(F)(F)F)cc(N2CCC3(CC2)CN[C@H](C(=O)O)C3)n1. The van der Waals surface area contributed by atoms with Gasteiger partial charge in [-0.05, 0) is 66.1 Å². The average molecular weight is 631 g/mol. The lowest BCUT2D eigenvalue weighted by Gasteiger charge is -2.39. The number of carbonyl (C=O) groups is 1. The van der Waals surface area contributed by atoms with E-state index >= 15 is 0 Å². The van der Waals surface area contributed by atoms with Crippen LogP contribution in [0.1, 0.15) is 30.9 Å². The number of hydrogen-bond donors (Lipinski definition) is 3. The zero-order chi connectivity index (χ0) is 29.5. The van der Waals surface area contributed by atoms with E-state index in [-0.39, 0.29) is 43.4 Å². The summed E-state index contributed by atoms with van der Waals surface area (Å²) in [6, 6.07) is 9.14. The first-order valence-electron chi connectivity index (χ1n) is 12.7. The standard InChI is InChI=1S/C27H25Cl3F3N5O3/c28-15-1-2-18(19(10-15)14-7-16(29)9-17(30)8-14)23(27(31,32)33)41-22-11-21(36-25(34)37-22)38-5-3-26(4-6-38)12-20(24(39)40)35-13-26/h1-2,7-11,20,23,35H,3-6,12-13H2,(H,39,40)(H2,34,36,37)/t20-,23?/m0/s1. The summed E-state index contributed by atoms with van der Waals surface area (Å²) in [5.41, 5.74) is 5.98. The molecule has 0 aliphatic carbocycles. The van der Waals surface area contributed by atoms with Gasteiger partial charge in [0.25, 0.3) is 0 Å². The Hall–Kier alpha value is -2.99. The minimum Gasteiger partial charge on any atom is -0.480 e. The Bertz CT molecular complexity index is 1450. The second-order valence-electron chi connectivity index (χ2n) is 10.3. The van der Waals surface area contributed by atoms with Crippen molar-refractivity contribution in [2.24, 2.45) is 5.41 Å². The molecule has 0 amide bonds. The second kappa shape index (κ2) is 11.4. The number of halogens is 6. The van der Waals surface area contributed by atoms with Crippen molar-refractivity contribution in [1.29, 1.82) is 0 Å². The predicted molar refractivity (Wildman–Crippen MR) is 151 cm³/mol. The molecule has 1 spiro atoms. The summed E-state index contributed by atoms with van der Waals surface area (Å²) < 4.78 is 49.1. The summed E-state index contributed by atoms with van der Waals surface area (Å²) in [4.78, 5) is 21.4. The van der Waals surface area contributed by atoms with Gasteiger partial charge in [0, 0.05) is 46.3 Å². The molecule has 2 aromatic carbocycles. The van der Waals surface area contributed by atoms with Crippen molar-refractivity contribution in [1.82, 2.24) is 15.3 Å². The smallest absolute Gasteiger partial charge is 0.429 e. The molecule has 4 N–H and O–H groups in total. The van der Waals surface area contributed by atoms with Crippen LogP contribution in [0.15, 0.2) is 42.5 Å². The Labute approximate surface area is 248 Å². The summed E-state index contributed by atoms with van der Waals surface area (Å²) in [6.45, 7) is 1.62. The number of anilines is 2. The highest BCUT2D eigenvalue weighted by Gasteiger charge is 2.46. The van der Waals surface area contributed by atoms with Gasteiger partial charge in [0.05, 0.1) is 0 Å². The first kappa shape index (κ1) is 29.5. The van der Waals surface area contributed by atoms with E-state index in [1.807, 2.05) is 4.90 Å². The van der Waals surface area contributed by atoms with E-state index in [1.165, 1.54) is 42.5 Å². The van der Waals surface area contributed by atoms with Gasteiger partial charge < -0.3 is 25.8 Å². The lowest BCUT2D eigenvalue weighted by atomic mass is 9.76. The van der Waals surface area contributed by atoms with Crippen LogP contribution in [0.25, 0.3) is 11.1 Å². The summed E-state index contributed by atoms with van der Waals surface area (Å²) >= 11 is 18.4. The Balaban J connectivity index is 1.43. The quantitative estimate of drug-likeness (QED) is 0.287. The lowest BCUT2D eigenvalue weighted by Crippen LogP contribution is -2.41. The molecule has 2 fully saturated rings. The van der Waals surface area contributed by atoms with E-state index in [2.05, 4.69) is 15.3 Å². The van der Waals surface area contributed by atoms with Gasteiger partial charge in [-0.3, -0.25) is 4.79 Å². The van der Waals surface area contributed by atoms with Crippen LogP contribution >= 0.6 is 34.8 Å². The zero-order valence-corrected chi connectivity index (χ0v) is 23.7. The maximum absolute atomic E-state index is 14.5. The molecule has 2 atom stereocenters. The fourth-order valence-electron chi connectivity index (χ4n) is 5.48. The van der Waals surface area contributed by atoms with Crippen molar-refractivity contribution in [3.8, 4) is 17.0 Å². The number of nitrogens with zero attached hydrogens (tertiary/aromatic N) is 3. The topological polar surface area (TPSA) is 114 Å². The van der Waals surface area contributed by atoms with E-state index in [0.29, 0.717) is 50.3 Å². The Kier molecular flexibility index (Phi) is 8.17. The van der Waals surface area contributed by atoms with E-state index in [0.717, 1.165) is 0 Å². The average Bonchev–Trinajstić information content (AvgIpc) is 3.30. The van der Waals surface area contributed by atoms with Crippen molar-refractivity contribution in [2.45, 2.75) is 37.6 Å². The summed E-state index contributed by atoms with van der Waals surface area (Å²) in [6.07, 6.45) is -5.39. The van der Waals surface area contributed by atoms with Gasteiger partial charge in [-0.2, -0.15) is 23.1 Å². The summed E-state index contributed by atoms with van der Waals surface area (Å²) in [5.74, 6) is -1.16. The maximum Gasteiger partial charge on any atom is 0.429 e. The fourth-order valence-corrected chi connectivity index (χ4v) is 6.18. The number of nitrogens with one attached hydrogen (secondary N) is 1. The number of alkyl halides is 3. The molecule has 2 aliphatic heterocycles. The summed E-state index contributed by atoms with van der Waals surface area (Å²) in [7, 11) is 0. The van der Waals surface area contributed by atoms with Crippen molar-refractivity contribution in [3.05, 3.63) is 63.1 Å². The Morgan fingerprint density at radius 1 is 1.07 bits per heavy atom. The van der Waals surface area contributed by atoms with Crippen LogP contribution in [-0.4, -0.2) is 52.9 Å². The number of nitrogen functional groups attached to an aromatic ring is 1. The number of benzene rings is 2. The molecule has 5 rings (SSSR count). The molecule has 0 radical (unpaired) electrons. The molecular formula is C27H25Cl3F3N5O3. The Morgan fingerprint density at radius 2 is 1.76 bits per heavy atom. The third-order valence-corrected chi connectivity index (χ3v) is 8.19. The van der Waals surface area contributed by atoms with Crippen LogP contribution in [0.3, 0.4) is 0 Å². The first-order chi connectivity index (χ1) is 19.3. The molecule has 218 valence electrons. The normalized spacial score (nSPS) is 19.4. The van der Waals surface area contributed by atoms with Crippen LogP contribution < -0.4 is 20.7 Å². The molecule has 2 aliphatic rings. The predicted octanol–water partition coefficient (Wildman–Crippen LogP) is 6.40. The van der Waals surface area contributed by atoms with Crippen LogP contribution in [0.5, 0.6) is 5.88 Å². The van der Waals surface area contributed by atoms with E-state index in [4.69, 9.17) is 45.3 Å². The number of nitrogens with two attached hydrogens (primary N) is 1. The minimum atomic E-state index is -4.85. The number of aliphatic carboxylic acids is 1. The highest BCUT2D eigenvalue weighted by molar-refractivity contribution is 6.35. The van der Waals surface area contributed by atoms with Crippen LogP contribution in [0.2, 0.25) is 15.1 Å². The Morgan fingerprint density at radius 3 is 2.37 bits per heavy atom. The van der Waals surface area contributed by atoms with Crippen molar-refractivity contribution in [2.75, 3.05) is 30.3 Å². The monoisotopic (exact) mass is 629 g/mol. The second-order valence-corrected chi connectivity index (χ2v) is 11.6. The molecule has 0 saturated carbocycles. The van der Waals surface area contributed by atoms with Crippen molar-refractivity contribution in [3.63, 3.8) is 0 Å². The number of rotatable bonds is 6. The van der Waals surface area contributed by atoms with Gasteiger partial charge in [0.1, 0.15) is 11.9 Å². The van der Waals surface area contributed by atoms with Crippen molar-refractivity contribution >= 4 is 52.5 Å². The molecule has 3 aromatic rings. The van der Waals surface area contributed by atoms with Gasteiger partial charge >= 0.3 is 12.1 Å². The minimum absolute atomic E-state index is 0.137.